The molecule has 2 nitrogen and oxygen atoms in total. The van der Waals surface area contributed by atoms with Crippen molar-refractivity contribution in [3.05, 3.63) is 35.4 Å². The molecule has 0 aromatic heterocycles. The van der Waals surface area contributed by atoms with Crippen molar-refractivity contribution in [1.29, 1.82) is 0 Å². The quantitative estimate of drug-likeness (QED) is 0.769. The highest BCUT2D eigenvalue weighted by molar-refractivity contribution is 5.80. The monoisotopic (exact) mass is 297 g/mol. The lowest BCUT2D eigenvalue weighted by Gasteiger charge is -2.55. The molecule has 2 fully saturated rings. The van der Waals surface area contributed by atoms with Gasteiger partial charge in [0.15, 0.2) is 0 Å². The molecule has 3 aliphatic rings. The van der Waals surface area contributed by atoms with Crippen LogP contribution in [0.1, 0.15) is 57.1 Å². The van der Waals surface area contributed by atoms with E-state index in [4.69, 9.17) is 0 Å². The highest BCUT2D eigenvalue weighted by atomic mass is 16.2. The first-order valence-electron chi connectivity index (χ1n) is 9.00. The Morgan fingerprint density at radius 3 is 2.73 bits per heavy atom. The van der Waals surface area contributed by atoms with E-state index < -0.39 is 0 Å². The van der Waals surface area contributed by atoms with Crippen molar-refractivity contribution in [3.63, 3.8) is 0 Å². The third-order valence-electron chi connectivity index (χ3n) is 6.90. The molecule has 1 aromatic carbocycles. The normalized spacial score (nSPS) is 34.5. The Morgan fingerprint density at radius 1 is 1.23 bits per heavy atom. The summed E-state index contributed by atoms with van der Waals surface area (Å²) in [5, 5.41) is 0. The van der Waals surface area contributed by atoms with Gasteiger partial charge < -0.3 is 4.90 Å². The topological polar surface area (TPSA) is 20.3 Å². The van der Waals surface area contributed by atoms with Crippen LogP contribution in [0.25, 0.3) is 0 Å². The predicted octanol–water partition coefficient (Wildman–Crippen LogP) is 3.93. The molecule has 1 heterocycles. The van der Waals surface area contributed by atoms with Crippen molar-refractivity contribution >= 4 is 5.91 Å². The van der Waals surface area contributed by atoms with E-state index in [2.05, 4.69) is 43.0 Å². The first kappa shape index (κ1) is 14.3. The van der Waals surface area contributed by atoms with Crippen molar-refractivity contribution in [2.75, 3.05) is 6.54 Å². The van der Waals surface area contributed by atoms with E-state index in [0.717, 1.165) is 32.2 Å². The zero-order chi connectivity index (χ0) is 15.3. The Bertz CT molecular complexity index is 589. The summed E-state index contributed by atoms with van der Waals surface area (Å²) < 4.78 is 0. The van der Waals surface area contributed by atoms with Crippen LogP contribution >= 0.6 is 0 Å². The van der Waals surface area contributed by atoms with Crippen LogP contribution in [0, 0.1) is 11.8 Å². The van der Waals surface area contributed by atoms with Crippen molar-refractivity contribution in [2.24, 2.45) is 11.8 Å². The minimum Gasteiger partial charge on any atom is -0.339 e. The second-order valence-electron chi connectivity index (χ2n) is 7.90. The molecule has 0 unspecified atom stereocenters. The molecule has 1 aliphatic heterocycles. The lowest BCUT2D eigenvalue weighted by atomic mass is 9.59. The van der Waals surface area contributed by atoms with E-state index in [0.29, 0.717) is 23.8 Å². The summed E-state index contributed by atoms with van der Waals surface area (Å²) in [4.78, 5) is 15.3. The molecular formula is C20H27NO. The van der Waals surface area contributed by atoms with Crippen LogP contribution in [0.3, 0.4) is 0 Å². The molecule has 2 heteroatoms. The van der Waals surface area contributed by atoms with Crippen molar-refractivity contribution in [3.8, 4) is 0 Å². The Morgan fingerprint density at radius 2 is 1.95 bits per heavy atom. The van der Waals surface area contributed by atoms with Gasteiger partial charge in [0, 0.05) is 18.5 Å². The number of carbonyl (C=O) groups excluding carboxylic acids is 1. The fourth-order valence-electron chi connectivity index (χ4n) is 5.27. The average Bonchev–Trinajstić information content (AvgIpc) is 3.05. The molecule has 4 rings (SSSR count). The fourth-order valence-corrected chi connectivity index (χ4v) is 5.27. The number of carbonyl (C=O) groups is 1. The van der Waals surface area contributed by atoms with Crippen LogP contribution in [0.2, 0.25) is 0 Å². The first-order valence-corrected chi connectivity index (χ1v) is 9.00. The number of nitrogens with zero attached hydrogens (tertiary/aromatic N) is 1. The average molecular weight is 297 g/mol. The van der Waals surface area contributed by atoms with Gasteiger partial charge in [-0.25, -0.2) is 0 Å². The molecule has 1 saturated carbocycles. The number of amides is 1. The smallest absolute Gasteiger partial charge is 0.225 e. The fraction of sp³-hybridized carbons (Fsp3) is 0.650. The third-order valence-corrected chi connectivity index (χ3v) is 6.90. The summed E-state index contributed by atoms with van der Waals surface area (Å²) in [6.07, 6.45) is 6.87. The highest BCUT2D eigenvalue weighted by Gasteiger charge is 2.50. The van der Waals surface area contributed by atoms with Crippen molar-refractivity contribution < 1.29 is 4.79 Å². The summed E-state index contributed by atoms with van der Waals surface area (Å²) in [6, 6.07) is 9.32. The minimum absolute atomic E-state index is 0.242. The van der Waals surface area contributed by atoms with Gasteiger partial charge in [0.05, 0.1) is 0 Å². The van der Waals surface area contributed by atoms with E-state index in [1.54, 1.807) is 0 Å². The zero-order valence-corrected chi connectivity index (χ0v) is 13.8. The van der Waals surface area contributed by atoms with E-state index >= 15 is 0 Å². The van der Waals surface area contributed by atoms with Gasteiger partial charge in [0.1, 0.15) is 0 Å². The summed E-state index contributed by atoms with van der Waals surface area (Å²) in [5.74, 6) is 1.33. The molecule has 0 radical (unpaired) electrons. The minimum atomic E-state index is 0.242. The van der Waals surface area contributed by atoms with E-state index in [-0.39, 0.29) is 5.41 Å². The largest absolute Gasteiger partial charge is 0.339 e. The molecule has 1 saturated heterocycles. The number of rotatable bonds is 1. The van der Waals surface area contributed by atoms with E-state index in [1.807, 2.05) is 0 Å². The summed E-state index contributed by atoms with van der Waals surface area (Å²) in [6.45, 7) is 5.74. The van der Waals surface area contributed by atoms with Crippen LogP contribution < -0.4 is 0 Å². The van der Waals surface area contributed by atoms with Crippen LogP contribution in [0.15, 0.2) is 24.3 Å². The molecule has 3 atom stereocenters. The Labute approximate surface area is 133 Å². The van der Waals surface area contributed by atoms with Gasteiger partial charge >= 0.3 is 0 Å². The van der Waals surface area contributed by atoms with Gasteiger partial charge in [-0.3, -0.25) is 4.79 Å². The number of fused-ring (bicyclic) bond motifs is 4. The Balaban J connectivity index is 1.67. The lowest BCUT2D eigenvalue weighted by Crippen LogP contribution is -2.60. The second-order valence-corrected chi connectivity index (χ2v) is 7.90. The molecular weight excluding hydrogens is 270 g/mol. The lowest BCUT2D eigenvalue weighted by molar-refractivity contribution is -0.142. The molecule has 2 aliphatic carbocycles. The predicted molar refractivity (Wildman–Crippen MR) is 88.7 cm³/mol. The maximum Gasteiger partial charge on any atom is 0.225 e. The van der Waals surface area contributed by atoms with E-state index in [1.165, 1.54) is 24.0 Å². The SMILES string of the molecule is C[C@@H]1[C@@H]2Cc3ccccc3[C@@]1(C)CCN2C(=O)C1CCCC1. The van der Waals surface area contributed by atoms with Gasteiger partial charge in [0.2, 0.25) is 5.91 Å². The summed E-state index contributed by atoms with van der Waals surface area (Å²) in [5.41, 5.74) is 3.25. The zero-order valence-electron chi connectivity index (χ0n) is 13.8. The van der Waals surface area contributed by atoms with Crippen molar-refractivity contribution in [2.45, 2.75) is 63.8 Å². The molecule has 118 valence electrons. The maximum atomic E-state index is 13.0. The van der Waals surface area contributed by atoms with Crippen molar-refractivity contribution in [1.82, 2.24) is 4.90 Å². The second kappa shape index (κ2) is 5.11. The van der Waals surface area contributed by atoms with Gasteiger partial charge in [-0.05, 0) is 48.1 Å². The maximum absolute atomic E-state index is 13.0. The van der Waals surface area contributed by atoms with E-state index in [9.17, 15) is 4.79 Å². The van der Waals surface area contributed by atoms with Crippen LogP contribution in [-0.4, -0.2) is 23.4 Å². The third kappa shape index (κ3) is 1.96. The highest BCUT2D eigenvalue weighted by Crippen LogP contribution is 2.49. The standard InChI is InChI=1S/C20H27NO/c1-14-18-13-16-9-5-6-10-17(16)20(14,2)11-12-21(18)19(22)15-7-3-4-8-15/h5-6,9-10,14-15,18H,3-4,7-8,11-13H2,1-2H3/t14-,18+,20+/m1/s1. The molecule has 2 bridgehead atoms. The Kier molecular flexibility index (Phi) is 3.32. The number of hydrogen-bond acceptors (Lipinski definition) is 1. The summed E-state index contributed by atoms with van der Waals surface area (Å²) >= 11 is 0. The molecule has 0 N–H and O–H groups in total. The molecule has 1 aromatic rings. The molecule has 22 heavy (non-hydrogen) atoms. The molecule has 1 amide bonds. The summed E-state index contributed by atoms with van der Waals surface area (Å²) in [7, 11) is 0. The van der Waals surface area contributed by atoms with Gasteiger partial charge in [0.25, 0.3) is 0 Å². The van der Waals surface area contributed by atoms with Gasteiger partial charge in [-0.15, -0.1) is 0 Å². The Hall–Kier alpha value is -1.31. The number of piperidine rings is 1. The molecule has 0 spiro atoms. The number of hydrogen-bond donors (Lipinski definition) is 0. The number of benzene rings is 1. The van der Waals surface area contributed by atoms with Crippen LogP contribution in [0.4, 0.5) is 0 Å². The van der Waals surface area contributed by atoms with Crippen LogP contribution in [0.5, 0.6) is 0 Å². The van der Waals surface area contributed by atoms with Gasteiger partial charge in [-0.2, -0.15) is 0 Å². The van der Waals surface area contributed by atoms with Gasteiger partial charge in [-0.1, -0.05) is 51.0 Å². The number of likely N-dealkylation sites (tertiary alicyclic amines) is 1. The first-order chi connectivity index (χ1) is 10.6. The van der Waals surface area contributed by atoms with Crippen LogP contribution in [-0.2, 0) is 16.6 Å².